The van der Waals surface area contributed by atoms with Gasteiger partial charge in [-0.1, -0.05) is 194 Å². The number of aliphatic hydroxyl groups is 1. The summed E-state index contributed by atoms with van der Waals surface area (Å²) < 4.78 is 11.0. The van der Waals surface area contributed by atoms with Crippen molar-refractivity contribution in [2.75, 3.05) is 40.0 Å². The van der Waals surface area contributed by atoms with Gasteiger partial charge in [-0.2, -0.15) is 0 Å². The minimum absolute atomic E-state index is 0.0317. The number of nitrogens with zero attached hydrogens (tertiary/aromatic N) is 1. The van der Waals surface area contributed by atoms with Crippen LogP contribution in [0, 0.1) is 5.92 Å². The van der Waals surface area contributed by atoms with E-state index in [9.17, 15) is 9.90 Å². The van der Waals surface area contributed by atoms with Crippen LogP contribution in [0.1, 0.15) is 226 Å². The Morgan fingerprint density at radius 3 is 1.33 bits per heavy atom. The molecule has 49 heavy (non-hydrogen) atoms. The molecule has 0 aromatic rings. The quantitative estimate of drug-likeness (QED) is 0.0509. The first-order chi connectivity index (χ1) is 24.1. The number of carbonyl (C=O) groups is 1. The van der Waals surface area contributed by atoms with E-state index < -0.39 is 0 Å². The van der Waals surface area contributed by atoms with E-state index in [4.69, 9.17) is 9.47 Å². The van der Waals surface area contributed by atoms with Crippen LogP contribution in [-0.4, -0.2) is 62.0 Å². The first kappa shape index (κ1) is 48.3. The van der Waals surface area contributed by atoms with Gasteiger partial charge in [-0.25, -0.2) is 0 Å². The van der Waals surface area contributed by atoms with Crippen LogP contribution in [0.25, 0.3) is 0 Å². The van der Waals surface area contributed by atoms with Crippen LogP contribution < -0.4 is 0 Å². The number of aliphatic hydroxyl groups excluding tert-OH is 1. The Labute approximate surface area is 307 Å². The van der Waals surface area contributed by atoms with E-state index >= 15 is 0 Å². The summed E-state index contributed by atoms with van der Waals surface area (Å²) in [6.07, 6.45) is 41.5. The molecule has 0 saturated heterocycles. The number of ether oxygens (including phenoxy) is 2. The van der Waals surface area contributed by atoms with Gasteiger partial charge in [0.1, 0.15) is 6.61 Å². The Bertz CT molecular complexity index is 628. The SMILES string of the molecule is CCCCCCCCC(CCCCCCCC)CCCCCCCN(CCO)CCCCCCCC(=O)OCC(CCCCCCC)OC. The molecule has 0 heterocycles. The molecule has 0 aromatic carbocycles. The Kier molecular flexibility index (Phi) is 39.6. The maximum absolute atomic E-state index is 12.2. The highest BCUT2D eigenvalue weighted by Gasteiger charge is 2.12. The summed E-state index contributed by atoms with van der Waals surface area (Å²) in [5.41, 5.74) is 0. The van der Waals surface area contributed by atoms with Gasteiger partial charge in [0.25, 0.3) is 0 Å². The monoisotopic (exact) mass is 696 g/mol. The van der Waals surface area contributed by atoms with Crippen LogP contribution in [0.15, 0.2) is 0 Å². The van der Waals surface area contributed by atoms with E-state index in [-0.39, 0.29) is 18.7 Å². The smallest absolute Gasteiger partial charge is 0.305 e. The molecule has 0 aromatic heterocycles. The molecule has 0 saturated carbocycles. The number of unbranched alkanes of at least 4 members (excludes halogenated alkanes) is 22. The zero-order chi connectivity index (χ0) is 35.9. The maximum Gasteiger partial charge on any atom is 0.305 e. The predicted octanol–water partition coefficient (Wildman–Crippen LogP) is 13.0. The second-order valence-corrected chi connectivity index (χ2v) is 15.4. The Morgan fingerprint density at radius 2 is 0.898 bits per heavy atom. The van der Waals surface area contributed by atoms with Crippen LogP contribution in [0.2, 0.25) is 0 Å². The largest absolute Gasteiger partial charge is 0.463 e. The third kappa shape index (κ3) is 35.5. The molecule has 0 radical (unpaired) electrons. The van der Waals surface area contributed by atoms with Crippen LogP contribution >= 0.6 is 0 Å². The second kappa shape index (κ2) is 40.1. The molecule has 0 rings (SSSR count). The van der Waals surface area contributed by atoms with Crippen molar-refractivity contribution >= 4 is 5.97 Å². The third-order valence-corrected chi connectivity index (χ3v) is 10.7. The summed E-state index contributed by atoms with van der Waals surface area (Å²) in [6, 6.07) is 0. The molecule has 0 aliphatic carbocycles. The average Bonchev–Trinajstić information content (AvgIpc) is 3.10. The van der Waals surface area contributed by atoms with Crippen LogP contribution in [0.5, 0.6) is 0 Å². The highest BCUT2D eigenvalue weighted by atomic mass is 16.6. The molecular formula is C44H89NO4. The van der Waals surface area contributed by atoms with Gasteiger partial charge in [-0.3, -0.25) is 4.79 Å². The summed E-state index contributed by atoms with van der Waals surface area (Å²) >= 11 is 0. The van der Waals surface area contributed by atoms with Crippen molar-refractivity contribution in [1.29, 1.82) is 0 Å². The summed E-state index contributed by atoms with van der Waals surface area (Å²) in [6.45, 7) is 10.5. The molecule has 5 heteroatoms. The first-order valence-electron chi connectivity index (χ1n) is 22.1. The van der Waals surface area contributed by atoms with Crippen molar-refractivity contribution in [3.05, 3.63) is 0 Å². The standard InChI is InChI=1S/C44H89NO4/c1-5-8-11-14-19-25-32-42(33-26-20-15-12-9-6-2)34-27-21-16-23-30-37-45(39-40-46)38-31-24-17-22-29-36-44(47)49-41-43(48-4)35-28-18-13-10-7-3/h42-43,46H,5-41H2,1-4H3. The summed E-state index contributed by atoms with van der Waals surface area (Å²) in [7, 11) is 1.72. The molecule has 0 fully saturated rings. The zero-order valence-corrected chi connectivity index (χ0v) is 33.9. The molecule has 1 unspecified atom stereocenters. The van der Waals surface area contributed by atoms with E-state index in [2.05, 4.69) is 25.7 Å². The Balaban J connectivity index is 3.98. The van der Waals surface area contributed by atoms with E-state index in [0.717, 1.165) is 57.7 Å². The van der Waals surface area contributed by atoms with Crippen molar-refractivity contribution in [3.8, 4) is 0 Å². The van der Waals surface area contributed by atoms with E-state index in [0.29, 0.717) is 13.0 Å². The van der Waals surface area contributed by atoms with Gasteiger partial charge >= 0.3 is 5.97 Å². The van der Waals surface area contributed by atoms with Crippen molar-refractivity contribution < 1.29 is 19.4 Å². The lowest BCUT2D eigenvalue weighted by molar-refractivity contribution is -0.147. The fraction of sp³-hybridized carbons (Fsp3) is 0.977. The molecule has 0 aliphatic rings. The number of hydrogen-bond acceptors (Lipinski definition) is 5. The number of esters is 1. The van der Waals surface area contributed by atoms with E-state index in [1.54, 1.807) is 7.11 Å². The minimum atomic E-state index is -0.0803. The van der Waals surface area contributed by atoms with Gasteiger partial charge in [0.05, 0.1) is 12.7 Å². The molecule has 0 amide bonds. The van der Waals surface area contributed by atoms with Crippen LogP contribution in [0.4, 0.5) is 0 Å². The van der Waals surface area contributed by atoms with Crippen molar-refractivity contribution in [2.24, 2.45) is 5.92 Å². The lowest BCUT2D eigenvalue weighted by Gasteiger charge is -2.21. The van der Waals surface area contributed by atoms with Gasteiger partial charge in [0, 0.05) is 20.1 Å². The van der Waals surface area contributed by atoms with Gasteiger partial charge in [-0.15, -0.1) is 0 Å². The zero-order valence-electron chi connectivity index (χ0n) is 33.9. The first-order valence-corrected chi connectivity index (χ1v) is 22.1. The van der Waals surface area contributed by atoms with Crippen LogP contribution in [-0.2, 0) is 14.3 Å². The molecule has 0 aliphatic heterocycles. The van der Waals surface area contributed by atoms with Gasteiger partial charge in [-0.05, 0) is 44.7 Å². The van der Waals surface area contributed by atoms with Crippen molar-refractivity contribution in [1.82, 2.24) is 4.90 Å². The molecular weight excluding hydrogens is 606 g/mol. The van der Waals surface area contributed by atoms with Crippen molar-refractivity contribution in [3.63, 3.8) is 0 Å². The number of carbonyl (C=O) groups excluding carboxylic acids is 1. The average molecular weight is 696 g/mol. The van der Waals surface area contributed by atoms with Gasteiger partial charge in [0.15, 0.2) is 0 Å². The summed E-state index contributed by atoms with van der Waals surface area (Å²) in [5.74, 6) is 0.887. The molecule has 0 spiro atoms. The van der Waals surface area contributed by atoms with E-state index in [1.807, 2.05) is 0 Å². The maximum atomic E-state index is 12.2. The number of rotatable bonds is 41. The molecule has 0 bridgehead atoms. The normalized spacial score (nSPS) is 12.4. The highest BCUT2D eigenvalue weighted by Crippen LogP contribution is 2.25. The second-order valence-electron chi connectivity index (χ2n) is 15.4. The summed E-state index contributed by atoms with van der Waals surface area (Å²) in [5, 5.41) is 9.59. The van der Waals surface area contributed by atoms with Crippen molar-refractivity contribution in [2.45, 2.75) is 232 Å². The topological polar surface area (TPSA) is 59.0 Å². The molecule has 1 N–H and O–H groups in total. The lowest BCUT2D eigenvalue weighted by atomic mass is 9.89. The predicted molar refractivity (Wildman–Crippen MR) is 214 cm³/mol. The fourth-order valence-corrected chi connectivity index (χ4v) is 7.27. The highest BCUT2D eigenvalue weighted by molar-refractivity contribution is 5.69. The number of hydrogen-bond donors (Lipinski definition) is 1. The Hall–Kier alpha value is -0.650. The Morgan fingerprint density at radius 1 is 0.510 bits per heavy atom. The van der Waals surface area contributed by atoms with Gasteiger partial charge in [0.2, 0.25) is 0 Å². The lowest BCUT2D eigenvalue weighted by Crippen LogP contribution is -2.29. The molecule has 294 valence electrons. The van der Waals surface area contributed by atoms with Crippen LogP contribution in [0.3, 0.4) is 0 Å². The molecule has 1 atom stereocenters. The number of methoxy groups -OCH3 is 1. The third-order valence-electron chi connectivity index (χ3n) is 10.7. The fourth-order valence-electron chi connectivity index (χ4n) is 7.27. The summed E-state index contributed by atoms with van der Waals surface area (Å²) in [4.78, 5) is 14.6. The molecule has 5 nitrogen and oxygen atoms in total. The van der Waals surface area contributed by atoms with Gasteiger partial charge < -0.3 is 19.5 Å². The van der Waals surface area contributed by atoms with E-state index in [1.165, 1.54) is 167 Å². The minimum Gasteiger partial charge on any atom is -0.463 e.